The van der Waals surface area contributed by atoms with Crippen LogP contribution in [0.2, 0.25) is 0 Å². The fourth-order valence-electron chi connectivity index (χ4n) is 3.29. The van der Waals surface area contributed by atoms with Gasteiger partial charge in [-0.05, 0) is 71.5 Å². The van der Waals surface area contributed by atoms with Gasteiger partial charge in [0.25, 0.3) is 5.91 Å². The molecular formula is C21H22FN7OS. The summed E-state index contributed by atoms with van der Waals surface area (Å²) >= 11 is 1.39. The average Bonchev–Trinajstić information content (AvgIpc) is 3.54. The van der Waals surface area contributed by atoms with E-state index in [1.165, 1.54) is 34.5 Å². The predicted molar refractivity (Wildman–Crippen MR) is 116 cm³/mol. The van der Waals surface area contributed by atoms with Gasteiger partial charge in [0.15, 0.2) is 0 Å². The number of rotatable bonds is 9. The van der Waals surface area contributed by atoms with Crippen LogP contribution in [-0.2, 0) is 6.42 Å². The van der Waals surface area contributed by atoms with E-state index in [1.807, 2.05) is 24.6 Å². The second-order valence-corrected chi connectivity index (χ2v) is 8.13. The first-order valence-electron chi connectivity index (χ1n) is 9.98. The van der Waals surface area contributed by atoms with Crippen molar-refractivity contribution in [2.75, 3.05) is 13.6 Å². The molecule has 31 heavy (non-hydrogen) atoms. The molecule has 0 aliphatic rings. The predicted octanol–water partition coefficient (Wildman–Crippen LogP) is 3.74. The van der Waals surface area contributed by atoms with Crippen molar-refractivity contribution in [1.82, 2.24) is 35.3 Å². The third-order valence-electron chi connectivity index (χ3n) is 4.99. The van der Waals surface area contributed by atoms with E-state index in [9.17, 15) is 9.18 Å². The number of amides is 1. The van der Waals surface area contributed by atoms with Crippen molar-refractivity contribution in [3.8, 4) is 16.9 Å². The molecule has 0 aliphatic heterocycles. The van der Waals surface area contributed by atoms with Crippen LogP contribution in [0.15, 0.2) is 48.1 Å². The van der Waals surface area contributed by atoms with Gasteiger partial charge in [-0.25, -0.2) is 4.39 Å². The quantitative estimate of drug-likeness (QED) is 0.401. The number of aryl methyl sites for hydroxylation is 1. The summed E-state index contributed by atoms with van der Waals surface area (Å²) in [7, 11) is 1.81. The molecule has 1 aromatic carbocycles. The topological polar surface area (TPSA) is 92.6 Å². The van der Waals surface area contributed by atoms with Crippen molar-refractivity contribution in [3.63, 3.8) is 0 Å². The third-order valence-corrected chi connectivity index (χ3v) is 5.88. The van der Waals surface area contributed by atoms with E-state index in [1.54, 1.807) is 17.0 Å². The molecule has 4 rings (SSSR count). The van der Waals surface area contributed by atoms with E-state index in [0.29, 0.717) is 17.1 Å². The van der Waals surface area contributed by atoms with Crippen molar-refractivity contribution in [2.45, 2.75) is 25.7 Å². The second kappa shape index (κ2) is 9.61. The Labute approximate surface area is 182 Å². The molecule has 1 N–H and O–H groups in total. The lowest BCUT2D eigenvalue weighted by molar-refractivity contribution is 0.0797. The fourth-order valence-corrected chi connectivity index (χ4v) is 4.16. The first-order chi connectivity index (χ1) is 15.1. The molecule has 3 aromatic heterocycles. The zero-order valence-corrected chi connectivity index (χ0v) is 17.8. The minimum absolute atomic E-state index is 0.0296. The Hall–Kier alpha value is -3.40. The summed E-state index contributed by atoms with van der Waals surface area (Å²) in [5.74, 6) is -0.285. The summed E-state index contributed by atoms with van der Waals surface area (Å²) in [5.41, 5.74) is 3.45. The molecule has 0 atom stereocenters. The van der Waals surface area contributed by atoms with E-state index in [4.69, 9.17) is 0 Å². The van der Waals surface area contributed by atoms with Crippen LogP contribution in [0.3, 0.4) is 0 Å². The molecule has 0 aliphatic carbocycles. The number of benzene rings is 1. The highest BCUT2D eigenvalue weighted by Gasteiger charge is 2.19. The molecule has 0 saturated carbocycles. The highest BCUT2D eigenvalue weighted by atomic mass is 32.1. The number of carbonyl (C=O) groups is 1. The number of unbranched alkanes of at least 4 members (excludes halogenated alkanes) is 2. The van der Waals surface area contributed by atoms with Gasteiger partial charge in [-0.1, -0.05) is 6.42 Å². The Bertz CT molecular complexity index is 1120. The standard InChI is InChI=1S/C21H22FN7OS/c1-28(21(30)20-19(10-12-31-20)29-14-23-26-27-29)11-4-2-3-5-17-13-18(25-24-17)15-6-8-16(22)9-7-15/h6-10,12-14H,2-5,11H2,1H3,(H,24,25). The van der Waals surface area contributed by atoms with E-state index in [2.05, 4.69) is 25.7 Å². The van der Waals surface area contributed by atoms with E-state index in [-0.39, 0.29) is 11.7 Å². The molecule has 10 heteroatoms. The number of aromatic amines is 1. The van der Waals surface area contributed by atoms with E-state index in [0.717, 1.165) is 42.6 Å². The molecule has 1 amide bonds. The number of H-pyrrole nitrogens is 1. The number of nitrogens with zero attached hydrogens (tertiary/aromatic N) is 6. The van der Waals surface area contributed by atoms with E-state index < -0.39 is 0 Å². The van der Waals surface area contributed by atoms with Crippen molar-refractivity contribution < 1.29 is 9.18 Å². The molecule has 0 unspecified atom stereocenters. The Balaban J connectivity index is 1.22. The largest absolute Gasteiger partial charge is 0.341 e. The normalized spacial score (nSPS) is 11.0. The van der Waals surface area contributed by atoms with E-state index >= 15 is 0 Å². The molecule has 0 bridgehead atoms. The first kappa shape index (κ1) is 20.9. The van der Waals surface area contributed by atoms with Crippen LogP contribution in [0.4, 0.5) is 4.39 Å². The molecule has 160 valence electrons. The first-order valence-corrected chi connectivity index (χ1v) is 10.9. The van der Waals surface area contributed by atoms with Crippen LogP contribution >= 0.6 is 11.3 Å². The number of halogens is 1. The second-order valence-electron chi connectivity index (χ2n) is 7.21. The highest BCUT2D eigenvalue weighted by molar-refractivity contribution is 7.12. The molecule has 0 spiro atoms. The zero-order valence-electron chi connectivity index (χ0n) is 17.0. The van der Waals surface area contributed by atoms with Crippen molar-refractivity contribution in [1.29, 1.82) is 0 Å². The summed E-state index contributed by atoms with van der Waals surface area (Å²) in [6.07, 6.45) is 5.25. The minimum Gasteiger partial charge on any atom is -0.341 e. The average molecular weight is 440 g/mol. The van der Waals surface area contributed by atoms with Gasteiger partial charge >= 0.3 is 0 Å². The van der Waals surface area contributed by atoms with Gasteiger partial charge in [0, 0.05) is 24.8 Å². The van der Waals surface area contributed by atoms with Crippen molar-refractivity contribution in [2.24, 2.45) is 0 Å². The van der Waals surface area contributed by atoms with Crippen molar-refractivity contribution in [3.05, 3.63) is 64.5 Å². The van der Waals surface area contributed by atoms with Crippen LogP contribution in [0.5, 0.6) is 0 Å². The summed E-state index contributed by atoms with van der Waals surface area (Å²) in [4.78, 5) is 15.1. The molecule has 0 fully saturated rings. The molecule has 4 aromatic rings. The number of hydrogen-bond donors (Lipinski definition) is 1. The zero-order chi connectivity index (χ0) is 21.6. The fraction of sp³-hybridized carbons (Fsp3) is 0.286. The van der Waals surface area contributed by atoms with Gasteiger partial charge in [0.1, 0.15) is 17.0 Å². The monoisotopic (exact) mass is 439 g/mol. The molecule has 0 radical (unpaired) electrons. The number of tetrazole rings is 1. The Morgan fingerprint density at radius 3 is 2.81 bits per heavy atom. The highest BCUT2D eigenvalue weighted by Crippen LogP contribution is 2.22. The van der Waals surface area contributed by atoms with Crippen LogP contribution in [-0.4, -0.2) is 54.8 Å². The number of nitrogens with one attached hydrogen (secondary N) is 1. The summed E-state index contributed by atoms with van der Waals surface area (Å²) in [6.45, 7) is 0.676. The summed E-state index contributed by atoms with van der Waals surface area (Å²) < 4.78 is 14.6. The van der Waals surface area contributed by atoms with Crippen LogP contribution < -0.4 is 0 Å². The van der Waals surface area contributed by atoms with Gasteiger partial charge in [-0.3, -0.25) is 9.89 Å². The number of hydrogen-bond acceptors (Lipinski definition) is 6. The molecule has 8 nitrogen and oxygen atoms in total. The maximum Gasteiger partial charge on any atom is 0.265 e. The Morgan fingerprint density at radius 1 is 1.19 bits per heavy atom. The third kappa shape index (κ3) is 5.02. The van der Waals surface area contributed by atoms with Crippen LogP contribution in [0, 0.1) is 5.82 Å². The van der Waals surface area contributed by atoms with Gasteiger partial charge in [0.05, 0.1) is 11.4 Å². The number of aromatic nitrogens is 6. The lowest BCUT2D eigenvalue weighted by Crippen LogP contribution is -2.27. The Kier molecular flexibility index (Phi) is 6.46. The number of carbonyl (C=O) groups excluding carboxylic acids is 1. The SMILES string of the molecule is CN(CCCCCc1cc(-c2ccc(F)cc2)n[nH]1)C(=O)c1sccc1-n1cnnn1. The van der Waals surface area contributed by atoms with Gasteiger partial charge in [0.2, 0.25) is 0 Å². The van der Waals surface area contributed by atoms with Crippen molar-refractivity contribution >= 4 is 17.2 Å². The summed E-state index contributed by atoms with van der Waals surface area (Å²) in [6, 6.07) is 10.2. The van der Waals surface area contributed by atoms with Gasteiger partial charge < -0.3 is 4.90 Å². The maximum atomic E-state index is 13.1. The van der Waals surface area contributed by atoms with Crippen LogP contribution in [0.25, 0.3) is 16.9 Å². The lowest BCUT2D eigenvalue weighted by atomic mass is 10.1. The van der Waals surface area contributed by atoms with Gasteiger partial charge in [-0.2, -0.15) is 9.78 Å². The van der Waals surface area contributed by atoms with Crippen LogP contribution in [0.1, 0.15) is 34.6 Å². The summed E-state index contributed by atoms with van der Waals surface area (Å²) in [5, 5.41) is 20.4. The van der Waals surface area contributed by atoms with Gasteiger partial charge in [-0.15, -0.1) is 16.4 Å². The smallest absolute Gasteiger partial charge is 0.265 e. The lowest BCUT2D eigenvalue weighted by Gasteiger charge is -2.17. The number of thiophene rings is 1. The molecule has 3 heterocycles. The molecular weight excluding hydrogens is 417 g/mol. The minimum atomic E-state index is -0.256. The maximum absolute atomic E-state index is 13.1. The molecule has 0 saturated heterocycles. The Morgan fingerprint density at radius 2 is 2.03 bits per heavy atom.